The Bertz CT molecular complexity index is 609. The first-order chi connectivity index (χ1) is 9.74. The van der Waals surface area contributed by atoms with E-state index in [1.54, 1.807) is 6.07 Å². The molecule has 2 aromatic carbocycles. The number of hydrogen-bond acceptors (Lipinski definition) is 3. The van der Waals surface area contributed by atoms with Gasteiger partial charge in [0.1, 0.15) is 5.82 Å². The van der Waals surface area contributed by atoms with Crippen molar-refractivity contribution < 1.29 is 13.9 Å². The van der Waals surface area contributed by atoms with E-state index in [2.05, 4.69) is 6.07 Å². The maximum Gasteiger partial charge on any atom is 0.187 e. The van der Waals surface area contributed by atoms with Crippen molar-refractivity contribution in [1.82, 2.24) is 0 Å². The Morgan fingerprint density at radius 1 is 1.10 bits per heavy atom. The first-order valence-corrected chi connectivity index (χ1v) is 7.32. The van der Waals surface area contributed by atoms with Crippen LogP contribution in [0.4, 0.5) is 4.39 Å². The number of ether oxygens (including phenoxy) is 2. The number of aryl methyl sites for hydroxylation is 1. The van der Waals surface area contributed by atoms with Gasteiger partial charge in [-0.3, -0.25) is 0 Å². The fourth-order valence-corrected chi connectivity index (χ4v) is 3.26. The number of hydrogen-bond donors (Lipinski definition) is 0. The third-order valence-electron chi connectivity index (χ3n) is 3.09. The molecule has 0 atom stereocenters. The minimum Gasteiger partial charge on any atom is -0.346 e. The zero-order valence-corrected chi connectivity index (χ0v) is 12.0. The molecule has 0 radical (unpaired) electrons. The maximum absolute atomic E-state index is 14.1. The van der Waals surface area contributed by atoms with Crippen molar-refractivity contribution >= 4 is 11.8 Å². The van der Waals surface area contributed by atoms with Gasteiger partial charge in [-0.05, 0) is 31.2 Å². The summed E-state index contributed by atoms with van der Waals surface area (Å²) < 4.78 is 25.0. The zero-order valence-electron chi connectivity index (χ0n) is 11.1. The molecule has 20 heavy (non-hydrogen) atoms. The van der Waals surface area contributed by atoms with Crippen LogP contribution in [-0.2, 0) is 9.47 Å². The van der Waals surface area contributed by atoms with Gasteiger partial charge in [-0.1, -0.05) is 35.5 Å². The summed E-state index contributed by atoms with van der Waals surface area (Å²) in [5.41, 5.74) is 1.68. The van der Waals surface area contributed by atoms with Crippen LogP contribution in [0.1, 0.15) is 17.4 Å². The SMILES string of the molecule is Cc1cccc(Sc2cccc(F)c2C2OCCO2)c1. The van der Waals surface area contributed by atoms with Gasteiger partial charge < -0.3 is 9.47 Å². The summed E-state index contributed by atoms with van der Waals surface area (Å²) in [6, 6.07) is 13.2. The van der Waals surface area contributed by atoms with Crippen LogP contribution >= 0.6 is 11.8 Å². The van der Waals surface area contributed by atoms with Gasteiger partial charge in [0.25, 0.3) is 0 Å². The number of halogens is 1. The van der Waals surface area contributed by atoms with E-state index in [-0.39, 0.29) is 5.82 Å². The zero-order chi connectivity index (χ0) is 13.9. The highest BCUT2D eigenvalue weighted by molar-refractivity contribution is 7.99. The molecular formula is C16H15FO2S. The average Bonchev–Trinajstić information content (AvgIpc) is 2.92. The van der Waals surface area contributed by atoms with Crippen molar-refractivity contribution in [3.63, 3.8) is 0 Å². The highest BCUT2D eigenvalue weighted by atomic mass is 32.2. The standard InChI is InChI=1S/C16H15FO2S/c1-11-4-2-5-12(10-11)20-14-7-3-6-13(17)15(14)16-18-8-9-19-16/h2-7,10,16H,8-9H2,1H3. The van der Waals surface area contributed by atoms with Crippen molar-refractivity contribution in [2.45, 2.75) is 23.0 Å². The van der Waals surface area contributed by atoms with E-state index in [9.17, 15) is 4.39 Å². The van der Waals surface area contributed by atoms with Gasteiger partial charge in [0.15, 0.2) is 6.29 Å². The molecule has 1 aliphatic heterocycles. The molecule has 0 N–H and O–H groups in total. The van der Waals surface area contributed by atoms with Crippen LogP contribution in [0.2, 0.25) is 0 Å². The normalized spacial score (nSPS) is 15.7. The summed E-state index contributed by atoms with van der Waals surface area (Å²) >= 11 is 1.53. The van der Waals surface area contributed by atoms with Crippen LogP contribution in [0.25, 0.3) is 0 Å². The number of rotatable bonds is 3. The third-order valence-corrected chi connectivity index (χ3v) is 4.15. The molecule has 0 spiro atoms. The molecule has 4 heteroatoms. The topological polar surface area (TPSA) is 18.5 Å². The van der Waals surface area contributed by atoms with Crippen molar-refractivity contribution in [2.75, 3.05) is 13.2 Å². The maximum atomic E-state index is 14.1. The Kier molecular flexibility index (Phi) is 4.05. The summed E-state index contributed by atoms with van der Waals surface area (Å²) in [4.78, 5) is 1.91. The van der Waals surface area contributed by atoms with Crippen molar-refractivity contribution in [1.29, 1.82) is 0 Å². The summed E-state index contributed by atoms with van der Waals surface area (Å²) in [6.45, 7) is 3.06. The molecule has 2 aromatic rings. The molecule has 0 bridgehead atoms. The first kappa shape index (κ1) is 13.6. The monoisotopic (exact) mass is 290 g/mol. The fraction of sp³-hybridized carbons (Fsp3) is 0.250. The van der Waals surface area contributed by atoms with Gasteiger partial charge in [-0.2, -0.15) is 0 Å². The van der Waals surface area contributed by atoms with Crippen LogP contribution in [0.3, 0.4) is 0 Å². The summed E-state index contributed by atoms with van der Waals surface area (Å²) in [5, 5.41) is 0. The summed E-state index contributed by atoms with van der Waals surface area (Å²) in [5.74, 6) is -0.283. The highest BCUT2D eigenvalue weighted by Crippen LogP contribution is 2.37. The van der Waals surface area contributed by atoms with E-state index in [1.807, 2.05) is 31.2 Å². The molecule has 0 amide bonds. The molecule has 1 saturated heterocycles. The molecule has 1 aliphatic rings. The first-order valence-electron chi connectivity index (χ1n) is 6.50. The lowest BCUT2D eigenvalue weighted by Gasteiger charge is -2.15. The molecular weight excluding hydrogens is 275 g/mol. The lowest BCUT2D eigenvalue weighted by atomic mass is 10.2. The number of benzene rings is 2. The Balaban J connectivity index is 1.94. The molecule has 0 saturated carbocycles. The van der Waals surface area contributed by atoms with Gasteiger partial charge >= 0.3 is 0 Å². The van der Waals surface area contributed by atoms with Gasteiger partial charge in [0.2, 0.25) is 0 Å². The minimum atomic E-state index is -0.594. The smallest absolute Gasteiger partial charge is 0.187 e. The lowest BCUT2D eigenvalue weighted by molar-refractivity contribution is -0.0484. The van der Waals surface area contributed by atoms with Crippen LogP contribution in [0, 0.1) is 12.7 Å². The van der Waals surface area contributed by atoms with Crippen molar-refractivity contribution in [3.05, 3.63) is 59.4 Å². The lowest BCUT2D eigenvalue weighted by Crippen LogP contribution is -2.03. The Morgan fingerprint density at radius 2 is 1.85 bits per heavy atom. The van der Waals surface area contributed by atoms with Gasteiger partial charge in [-0.15, -0.1) is 0 Å². The molecule has 3 rings (SSSR count). The summed E-state index contributed by atoms with van der Waals surface area (Å²) in [7, 11) is 0. The van der Waals surface area contributed by atoms with E-state index >= 15 is 0 Å². The Hall–Kier alpha value is -1.36. The Morgan fingerprint density at radius 3 is 2.60 bits per heavy atom. The second-order valence-electron chi connectivity index (χ2n) is 4.64. The predicted molar refractivity (Wildman–Crippen MR) is 76.3 cm³/mol. The molecule has 0 unspecified atom stereocenters. The van der Waals surface area contributed by atoms with Crippen LogP contribution in [0.5, 0.6) is 0 Å². The molecule has 2 nitrogen and oxygen atoms in total. The van der Waals surface area contributed by atoms with Crippen LogP contribution < -0.4 is 0 Å². The molecule has 1 heterocycles. The second-order valence-corrected chi connectivity index (χ2v) is 5.76. The Labute approximate surface area is 121 Å². The van der Waals surface area contributed by atoms with Crippen LogP contribution in [-0.4, -0.2) is 13.2 Å². The van der Waals surface area contributed by atoms with Gasteiger partial charge in [-0.25, -0.2) is 4.39 Å². The largest absolute Gasteiger partial charge is 0.346 e. The molecule has 0 aromatic heterocycles. The summed E-state index contributed by atoms with van der Waals surface area (Å²) in [6.07, 6.45) is -0.594. The van der Waals surface area contributed by atoms with Crippen molar-refractivity contribution in [3.8, 4) is 0 Å². The van der Waals surface area contributed by atoms with E-state index in [0.29, 0.717) is 18.8 Å². The van der Waals surface area contributed by atoms with Gasteiger partial charge in [0, 0.05) is 9.79 Å². The van der Waals surface area contributed by atoms with E-state index < -0.39 is 6.29 Å². The second kappa shape index (κ2) is 5.95. The van der Waals surface area contributed by atoms with E-state index in [1.165, 1.54) is 23.4 Å². The molecule has 0 aliphatic carbocycles. The molecule has 104 valence electrons. The van der Waals surface area contributed by atoms with E-state index in [4.69, 9.17) is 9.47 Å². The minimum absolute atomic E-state index is 0.283. The predicted octanol–water partition coefficient (Wildman–Crippen LogP) is 4.33. The third kappa shape index (κ3) is 2.87. The van der Waals surface area contributed by atoms with Gasteiger partial charge in [0.05, 0.1) is 18.8 Å². The van der Waals surface area contributed by atoms with E-state index in [0.717, 1.165) is 9.79 Å². The fourth-order valence-electron chi connectivity index (χ4n) is 2.17. The average molecular weight is 290 g/mol. The van der Waals surface area contributed by atoms with Crippen LogP contribution in [0.15, 0.2) is 52.3 Å². The molecule has 1 fully saturated rings. The quantitative estimate of drug-likeness (QED) is 0.838. The van der Waals surface area contributed by atoms with Crippen molar-refractivity contribution in [2.24, 2.45) is 0 Å². The highest BCUT2D eigenvalue weighted by Gasteiger charge is 2.25.